The van der Waals surface area contributed by atoms with Gasteiger partial charge in [-0.05, 0) is 37.5 Å². The molecule has 26 heavy (non-hydrogen) atoms. The molecular formula is C20H29N3O3. The fourth-order valence-corrected chi connectivity index (χ4v) is 3.11. The fourth-order valence-electron chi connectivity index (χ4n) is 3.11. The van der Waals surface area contributed by atoms with Crippen LogP contribution in [0, 0.1) is 0 Å². The van der Waals surface area contributed by atoms with Gasteiger partial charge < -0.3 is 15.5 Å². The maximum absolute atomic E-state index is 12.0. The van der Waals surface area contributed by atoms with Crippen LogP contribution in [0.1, 0.15) is 64.4 Å². The number of anilines is 1. The van der Waals surface area contributed by atoms with Crippen LogP contribution in [-0.4, -0.2) is 30.2 Å². The van der Waals surface area contributed by atoms with E-state index in [2.05, 4.69) is 15.8 Å². The number of carbonyl (C=O) groups excluding carboxylic acids is 2. The lowest BCUT2D eigenvalue weighted by Gasteiger charge is -2.20. The summed E-state index contributed by atoms with van der Waals surface area (Å²) in [5.41, 5.74) is 2.28. The van der Waals surface area contributed by atoms with E-state index in [1.165, 1.54) is 39.0 Å². The second-order valence-electron chi connectivity index (χ2n) is 6.82. The lowest BCUT2D eigenvalue weighted by Crippen LogP contribution is -2.37. The van der Waals surface area contributed by atoms with Crippen LogP contribution in [0.2, 0.25) is 0 Å². The van der Waals surface area contributed by atoms with Crippen LogP contribution in [0.25, 0.3) is 0 Å². The van der Waals surface area contributed by atoms with Crippen molar-refractivity contribution in [2.24, 2.45) is 5.16 Å². The Morgan fingerprint density at radius 1 is 1.04 bits per heavy atom. The SMILES string of the molecule is CC(=O)Nc1ccc(C(C)=NOCC(=O)NC2CCCCCCC2)cc1. The van der Waals surface area contributed by atoms with Gasteiger partial charge in [0.1, 0.15) is 0 Å². The summed E-state index contributed by atoms with van der Waals surface area (Å²) in [7, 11) is 0. The third-order valence-electron chi connectivity index (χ3n) is 4.49. The van der Waals surface area contributed by atoms with Crippen molar-refractivity contribution in [1.82, 2.24) is 5.32 Å². The maximum atomic E-state index is 12.0. The first-order valence-electron chi connectivity index (χ1n) is 9.38. The number of carbonyl (C=O) groups is 2. The highest BCUT2D eigenvalue weighted by Crippen LogP contribution is 2.17. The van der Waals surface area contributed by atoms with Crippen molar-refractivity contribution in [2.75, 3.05) is 11.9 Å². The van der Waals surface area contributed by atoms with E-state index in [1.54, 1.807) is 12.1 Å². The van der Waals surface area contributed by atoms with Crippen molar-refractivity contribution in [3.8, 4) is 0 Å². The lowest BCUT2D eigenvalue weighted by molar-refractivity contribution is -0.126. The maximum Gasteiger partial charge on any atom is 0.260 e. The average molecular weight is 359 g/mol. The highest BCUT2D eigenvalue weighted by Gasteiger charge is 2.14. The van der Waals surface area contributed by atoms with Gasteiger partial charge in [-0.15, -0.1) is 0 Å². The van der Waals surface area contributed by atoms with Gasteiger partial charge in [-0.3, -0.25) is 9.59 Å². The van der Waals surface area contributed by atoms with Gasteiger partial charge in [0.25, 0.3) is 5.91 Å². The highest BCUT2D eigenvalue weighted by atomic mass is 16.6. The second-order valence-corrected chi connectivity index (χ2v) is 6.82. The molecule has 1 aliphatic carbocycles. The van der Waals surface area contributed by atoms with Gasteiger partial charge in [0, 0.05) is 18.7 Å². The van der Waals surface area contributed by atoms with Crippen LogP contribution in [0.3, 0.4) is 0 Å². The van der Waals surface area contributed by atoms with E-state index >= 15 is 0 Å². The predicted molar refractivity (Wildman–Crippen MR) is 103 cm³/mol. The third kappa shape index (κ3) is 7.25. The molecule has 2 N–H and O–H groups in total. The zero-order chi connectivity index (χ0) is 18.8. The average Bonchev–Trinajstić information content (AvgIpc) is 2.57. The van der Waals surface area contributed by atoms with Crippen molar-refractivity contribution in [2.45, 2.75) is 64.8 Å². The van der Waals surface area contributed by atoms with E-state index in [9.17, 15) is 9.59 Å². The van der Waals surface area contributed by atoms with E-state index in [-0.39, 0.29) is 24.5 Å². The molecule has 6 nitrogen and oxygen atoms in total. The highest BCUT2D eigenvalue weighted by molar-refractivity contribution is 5.99. The minimum atomic E-state index is -0.117. The minimum Gasteiger partial charge on any atom is -0.385 e. The summed E-state index contributed by atoms with van der Waals surface area (Å²) in [6.07, 6.45) is 8.28. The second kappa shape index (κ2) is 10.6. The van der Waals surface area contributed by atoms with E-state index < -0.39 is 0 Å². The number of hydrogen-bond donors (Lipinski definition) is 2. The topological polar surface area (TPSA) is 79.8 Å². The first-order chi connectivity index (χ1) is 12.5. The van der Waals surface area contributed by atoms with Gasteiger partial charge in [0.05, 0.1) is 5.71 Å². The number of amides is 2. The lowest BCUT2D eigenvalue weighted by atomic mass is 9.97. The molecule has 0 saturated heterocycles. The van der Waals surface area contributed by atoms with Crippen LogP contribution in [0.15, 0.2) is 29.4 Å². The molecule has 1 aliphatic rings. The smallest absolute Gasteiger partial charge is 0.260 e. The molecule has 6 heteroatoms. The van der Waals surface area contributed by atoms with E-state index in [4.69, 9.17) is 4.84 Å². The Labute approximate surface area is 155 Å². The molecule has 142 valence electrons. The molecule has 1 fully saturated rings. The van der Waals surface area contributed by atoms with Crippen LogP contribution in [0.4, 0.5) is 5.69 Å². The van der Waals surface area contributed by atoms with E-state index in [0.717, 1.165) is 24.1 Å². The summed E-state index contributed by atoms with van der Waals surface area (Å²) in [5.74, 6) is -0.227. The van der Waals surface area contributed by atoms with Gasteiger partial charge in [0.15, 0.2) is 6.61 Å². The Bertz CT molecular complexity index is 618. The molecule has 1 aromatic carbocycles. The first kappa shape index (κ1) is 19.9. The number of rotatable bonds is 6. The van der Waals surface area contributed by atoms with Crippen molar-refractivity contribution in [1.29, 1.82) is 0 Å². The molecule has 2 amide bonds. The molecule has 0 atom stereocenters. The summed E-state index contributed by atoms with van der Waals surface area (Å²) in [5, 5.41) is 9.79. The van der Waals surface area contributed by atoms with E-state index in [1.807, 2.05) is 19.1 Å². The molecule has 0 spiro atoms. The number of nitrogens with one attached hydrogen (secondary N) is 2. The quantitative estimate of drug-likeness (QED) is 0.601. The molecule has 1 aromatic rings. The monoisotopic (exact) mass is 359 g/mol. The van der Waals surface area contributed by atoms with Crippen molar-refractivity contribution >= 4 is 23.2 Å². The Morgan fingerprint density at radius 2 is 1.65 bits per heavy atom. The van der Waals surface area contributed by atoms with Crippen LogP contribution in [0.5, 0.6) is 0 Å². The van der Waals surface area contributed by atoms with Crippen molar-refractivity contribution < 1.29 is 14.4 Å². The van der Waals surface area contributed by atoms with Gasteiger partial charge in [-0.1, -0.05) is 49.4 Å². The minimum absolute atomic E-state index is 0.0716. The van der Waals surface area contributed by atoms with Crippen LogP contribution < -0.4 is 10.6 Å². The van der Waals surface area contributed by atoms with E-state index in [0.29, 0.717) is 5.71 Å². The Kier molecular flexibility index (Phi) is 8.12. The largest absolute Gasteiger partial charge is 0.385 e. The summed E-state index contributed by atoms with van der Waals surface area (Å²) < 4.78 is 0. The van der Waals surface area contributed by atoms with Gasteiger partial charge in [-0.25, -0.2) is 0 Å². The van der Waals surface area contributed by atoms with Crippen molar-refractivity contribution in [3.63, 3.8) is 0 Å². The number of oxime groups is 1. The molecule has 0 heterocycles. The van der Waals surface area contributed by atoms with Gasteiger partial charge in [-0.2, -0.15) is 0 Å². The zero-order valence-electron chi connectivity index (χ0n) is 15.7. The number of benzene rings is 1. The molecule has 0 aliphatic heterocycles. The van der Waals surface area contributed by atoms with Crippen LogP contribution >= 0.6 is 0 Å². The fraction of sp³-hybridized carbons (Fsp3) is 0.550. The van der Waals surface area contributed by atoms with Gasteiger partial charge in [0.2, 0.25) is 5.91 Å². The molecule has 0 aromatic heterocycles. The zero-order valence-corrected chi connectivity index (χ0v) is 15.7. The molecule has 2 rings (SSSR count). The molecule has 0 unspecified atom stereocenters. The molecule has 0 radical (unpaired) electrons. The molecule has 0 bridgehead atoms. The number of nitrogens with zero attached hydrogens (tertiary/aromatic N) is 1. The summed E-state index contributed by atoms with van der Waals surface area (Å²) in [4.78, 5) is 28.3. The third-order valence-corrected chi connectivity index (χ3v) is 4.49. The summed E-state index contributed by atoms with van der Waals surface area (Å²) in [6, 6.07) is 7.57. The summed E-state index contributed by atoms with van der Waals surface area (Å²) in [6.45, 7) is 3.22. The summed E-state index contributed by atoms with van der Waals surface area (Å²) >= 11 is 0. The predicted octanol–water partition coefficient (Wildman–Crippen LogP) is 3.61. The Balaban J connectivity index is 1.77. The Hall–Kier alpha value is -2.37. The van der Waals surface area contributed by atoms with Crippen molar-refractivity contribution in [3.05, 3.63) is 29.8 Å². The Morgan fingerprint density at radius 3 is 2.27 bits per heavy atom. The van der Waals surface area contributed by atoms with Crippen LogP contribution in [-0.2, 0) is 14.4 Å². The normalized spacial score (nSPS) is 16.3. The molecule has 1 saturated carbocycles. The molecular weight excluding hydrogens is 330 g/mol. The standard InChI is InChI=1S/C20H29N3O3/c1-15(17-10-12-19(13-11-17)21-16(2)24)23-26-14-20(25)22-18-8-6-4-3-5-7-9-18/h10-13,18H,3-9,14H2,1-2H3,(H,21,24)(H,22,25). The first-order valence-corrected chi connectivity index (χ1v) is 9.38. The van der Waals surface area contributed by atoms with Gasteiger partial charge >= 0.3 is 0 Å². The number of hydrogen-bond acceptors (Lipinski definition) is 4.